The molecule has 7 nitrogen and oxygen atoms in total. The molecule has 1 unspecified atom stereocenters. The van der Waals surface area contributed by atoms with Gasteiger partial charge in [-0.1, -0.05) is 0 Å². The molecule has 1 aromatic heterocycles. The summed E-state index contributed by atoms with van der Waals surface area (Å²) in [5.41, 5.74) is 2.45. The van der Waals surface area contributed by atoms with Crippen LogP contribution in [0.5, 0.6) is 0 Å². The third-order valence-electron chi connectivity index (χ3n) is 2.11. The van der Waals surface area contributed by atoms with E-state index < -0.39 is 0 Å². The van der Waals surface area contributed by atoms with Crippen LogP contribution in [0.1, 0.15) is 6.42 Å². The SMILES string of the molecule is COCC(CCO)Nc1ncnc(NN)c1Br. The van der Waals surface area contributed by atoms with Gasteiger partial charge in [0.2, 0.25) is 0 Å². The first kappa shape index (κ1) is 14.1. The summed E-state index contributed by atoms with van der Waals surface area (Å²) in [6.07, 6.45) is 1.96. The first-order valence-electron chi connectivity index (χ1n) is 5.06. The summed E-state index contributed by atoms with van der Waals surface area (Å²) in [5, 5.41) is 12.1. The average molecular weight is 306 g/mol. The van der Waals surface area contributed by atoms with Gasteiger partial charge in [0.25, 0.3) is 0 Å². The van der Waals surface area contributed by atoms with Gasteiger partial charge in [0, 0.05) is 13.7 Å². The smallest absolute Gasteiger partial charge is 0.159 e. The number of nitrogens with one attached hydrogen (secondary N) is 2. The van der Waals surface area contributed by atoms with Gasteiger partial charge >= 0.3 is 0 Å². The molecule has 1 rings (SSSR count). The number of anilines is 2. The molecule has 0 saturated heterocycles. The predicted octanol–water partition coefficient (Wildman–Crippen LogP) is 0.334. The summed E-state index contributed by atoms with van der Waals surface area (Å²) in [6.45, 7) is 0.550. The molecule has 0 amide bonds. The minimum absolute atomic E-state index is 0.0261. The molecule has 1 aromatic rings. The van der Waals surface area contributed by atoms with E-state index in [0.29, 0.717) is 29.1 Å². The minimum Gasteiger partial charge on any atom is -0.396 e. The number of nitrogens with two attached hydrogens (primary N) is 1. The number of nitrogens with zero attached hydrogens (tertiary/aromatic N) is 2. The van der Waals surface area contributed by atoms with Crippen molar-refractivity contribution in [2.75, 3.05) is 31.1 Å². The Morgan fingerprint density at radius 3 is 2.82 bits per heavy atom. The van der Waals surface area contributed by atoms with Crippen molar-refractivity contribution in [1.82, 2.24) is 9.97 Å². The van der Waals surface area contributed by atoms with E-state index in [0.717, 1.165) is 0 Å². The molecule has 0 aliphatic heterocycles. The number of hydrazine groups is 1. The first-order valence-corrected chi connectivity index (χ1v) is 5.85. The zero-order valence-corrected chi connectivity index (χ0v) is 11.1. The average Bonchev–Trinajstić information content (AvgIpc) is 2.32. The van der Waals surface area contributed by atoms with Crippen molar-refractivity contribution in [2.24, 2.45) is 5.84 Å². The number of ether oxygens (including phenoxy) is 1. The molecule has 0 spiro atoms. The number of rotatable bonds is 7. The van der Waals surface area contributed by atoms with Gasteiger partial charge in [-0.05, 0) is 22.4 Å². The van der Waals surface area contributed by atoms with Crippen LogP contribution in [0.3, 0.4) is 0 Å². The Hall–Kier alpha value is -0.960. The highest BCUT2D eigenvalue weighted by molar-refractivity contribution is 9.10. The number of methoxy groups -OCH3 is 1. The molecular weight excluding hydrogens is 290 g/mol. The lowest BCUT2D eigenvalue weighted by atomic mass is 10.2. The molecule has 96 valence electrons. The Morgan fingerprint density at radius 2 is 2.24 bits per heavy atom. The molecule has 0 aliphatic carbocycles. The fourth-order valence-corrected chi connectivity index (χ4v) is 1.75. The maximum Gasteiger partial charge on any atom is 0.159 e. The van der Waals surface area contributed by atoms with E-state index in [-0.39, 0.29) is 12.6 Å². The van der Waals surface area contributed by atoms with Gasteiger partial charge < -0.3 is 20.6 Å². The second kappa shape index (κ2) is 7.38. The van der Waals surface area contributed by atoms with Crippen molar-refractivity contribution in [3.05, 3.63) is 10.8 Å². The molecular formula is C9H16BrN5O2. The van der Waals surface area contributed by atoms with E-state index in [9.17, 15) is 0 Å². The standard InChI is InChI=1S/C9H16BrN5O2/c1-17-4-6(2-3-16)14-8-7(10)9(15-11)13-5-12-8/h5-6,16H,2-4,11H2,1H3,(H2,12,13,14,15). The maximum absolute atomic E-state index is 8.94. The summed E-state index contributed by atoms with van der Waals surface area (Å²) in [6, 6.07) is -0.0261. The first-order chi connectivity index (χ1) is 8.22. The molecule has 17 heavy (non-hydrogen) atoms. The summed E-state index contributed by atoms with van der Waals surface area (Å²) in [7, 11) is 1.61. The van der Waals surface area contributed by atoms with E-state index in [2.05, 4.69) is 36.6 Å². The Balaban J connectivity index is 2.77. The Kier molecular flexibility index (Phi) is 6.12. The Bertz CT molecular complexity index is 346. The topological polar surface area (TPSA) is 105 Å². The lowest BCUT2D eigenvalue weighted by Crippen LogP contribution is -2.27. The highest BCUT2D eigenvalue weighted by Gasteiger charge is 2.13. The summed E-state index contributed by atoms with van der Waals surface area (Å²) < 4.78 is 5.69. The van der Waals surface area contributed by atoms with Gasteiger partial charge in [-0.15, -0.1) is 0 Å². The van der Waals surface area contributed by atoms with Gasteiger partial charge in [0.15, 0.2) is 5.82 Å². The van der Waals surface area contributed by atoms with E-state index in [1.807, 2.05) is 0 Å². The molecule has 8 heteroatoms. The fourth-order valence-electron chi connectivity index (χ4n) is 1.32. The van der Waals surface area contributed by atoms with Crippen LogP contribution < -0.4 is 16.6 Å². The van der Waals surface area contributed by atoms with Gasteiger partial charge in [0.05, 0.1) is 12.6 Å². The van der Waals surface area contributed by atoms with E-state index >= 15 is 0 Å². The molecule has 0 aromatic carbocycles. The molecule has 0 radical (unpaired) electrons. The number of hydrogen-bond acceptors (Lipinski definition) is 7. The van der Waals surface area contributed by atoms with E-state index in [1.165, 1.54) is 6.33 Å². The highest BCUT2D eigenvalue weighted by Crippen LogP contribution is 2.26. The van der Waals surface area contributed by atoms with Gasteiger partial charge in [-0.3, -0.25) is 0 Å². The number of halogens is 1. The minimum atomic E-state index is -0.0261. The number of aliphatic hydroxyl groups excluding tert-OH is 1. The summed E-state index contributed by atoms with van der Waals surface area (Å²) in [4.78, 5) is 8.03. The van der Waals surface area contributed by atoms with Crippen molar-refractivity contribution < 1.29 is 9.84 Å². The van der Waals surface area contributed by atoms with Crippen molar-refractivity contribution in [2.45, 2.75) is 12.5 Å². The third-order valence-corrected chi connectivity index (χ3v) is 2.86. The predicted molar refractivity (Wildman–Crippen MR) is 68.5 cm³/mol. The largest absolute Gasteiger partial charge is 0.396 e. The van der Waals surface area contributed by atoms with Crippen LogP contribution in [0.4, 0.5) is 11.6 Å². The van der Waals surface area contributed by atoms with Gasteiger partial charge in [0.1, 0.15) is 16.6 Å². The van der Waals surface area contributed by atoms with E-state index in [4.69, 9.17) is 15.7 Å². The Labute approximate surface area is 108 Å². The van der Waals surface area contributed by atoms with Crippen molar-refractivity contribution in [1.29, 1.82) is 0 Å². The van der Waals surface area contributed by atoms with Crippen molar-refractivity contribution >= 4 is 27.6 Å². The summed E-state index contributed by atoms with van der Waals surface area (Å²) in [5.74, 6) is 6.39. The molecule has 1 atom stereocenters. The molecule has 0 aliphatic rings. The number of aliphatic hydroxyl groups is 1. The summed E-state index contributed by atoms with van der Waals surface area (Å²) >= 11 is 3.34. The van der Waals surface area contributed by atoms with Crippen molar-refractivity contribution in [3.63, 3.8) is 0 Å². The van der Waals surface area contributed by atoms with E-state index in [1.54, 1.807) is 7.11 Å². The molecule has 1 heterocycles. The van der Waals surface area contributed by atoms with Crippen LogP contribution in [0.15, 0.2) is 10.8 Å². The lowest BCUT2D eigenvalue weighted by molar-refractivity contribution is 0.170. The molecule has 0 bridgehead atoms. The Morgan fingerprint density at radius 1 is 1.53 bits per heavy atom. The fraction of sp³-hybridized carbons (Fsp3) is 0.556. The van der Waals surface area contributed by atoms with Gasteiger partial charge in [-0.2, -0.15) is 0 Å². The monoisotopic (exact) mass is 305 g/mol. The van der Waals surface area contributed by atoms with Crippen LogP contribution in [-0.4, -0.2) is 41.4 Å². The second-order valence-electron chi connectivity index (χ2n) is 3.34. The van der Waals surface area contributed by atoms with Crippen LogP contribution in [0, 0.1) is 0 Å². The molecule has 0 fully saturated rings. The number of aromatic nitrogens is 2. The van der Waals surface area contributed by atoms with Crippen LogP contribution in [0.2, 0.25) is 0 Å². The second-order valence-corrected chi connectivity index (χ2v) is 4.13. The maximum atomic E-state index is 8.94. The van der Waals surface area contributed by atoms with Crippen LogP contribution >= 0.6 is 15.9 Å². The molecule has 5 N–H and O–H groups in total. The van der Waals surface area contributed by atoms with Gasteiger partial charge in [-0.25, -0.2) is 15.8 Å². The van der Waals surface area contributed by atoms with Crippen LogP contribution in [-0.2, 0) is 4.74 Å². The zero-order chi connectivity index (χ0) is 12.7. The third kappa shape index (κ3) is 4.08. The number of hydrogen-bond donors (Lipinski definition) is 4. The quantitative estimate of drug-likeness (QED) is 0.425. The highest BCUT2D eigenvalue weighted by atomic mass is 79.9. The molecule has 0 saturated carbocycles. The number of nitrogen functional groups attached to an aromatic ring is 1. The normalized spacial score (nSPS) is 12.2. The lowest BCUT2D eigenvalue weighted by Gasteiger charge is -2.18. The zero-order valence-electron chi connectivity index (χ0n) is 9.48. The van der Waals surface area contributed by atoms with Crippen molar-refractivity contribution in [3.8, 4) is 0 Å². The van der Waals surface area contributed by atoms with Crippen LogP contribution in [0.25, 0.3) is 0 Å².